The van der Waals surface area contributed by atoms with Crippen molar-refractivity contribution in [3.8, 4) is 0 Å². The number of esters is 2. The molecule has 0 aliphatic heterocycles. The van der Waals surface area contributed by atoms with Crippen molar-refractivity contribution >= 4 is 22.1 Å². The van der Waals surface area contributed by atoms with Gasteiger partial charge >= 0.3 is 11.9 Å². The molecule has 7 nitrogen and oxygen atoms in total. The van der Waals surface area contributed by atoms with Gasteiger partial charge in [0, 0.05) is 0 Å². The molecule has 1 atom stereocenters. The fourth-order valence-corrected chi connectivity index (χ4v) is 2.94. The zero-order valence-electron chi connectivity index (χ0n) is 16.8. The first-order valence-electron chi connectivity index (χ1n) is 9.31. The maximum Gasteiger partial charge on any atom is 0.345 e. The molecular formula is C23H23NO6S. The van der Waals surface area contributed by atoms with E-state index in [-0.39, 0.29) is 4.90 Å². The largest absolute Gasteiger partial charge is 0.388 e. The smallest absolute Gasteiger partial charge is 0.345 e. The van der Waals surface area contributed by atoms with E-state index in [2.05, 4.69) is 0 Å². The van der Waals surface area contributed by atoms with Gasteiger partial charge in [-0.15, -0.1) is 0 Å². The summed E-state index contributed by atoms with van der Waals surface area (Å²) in [6, 6.07) is 22.8. The van der Waals surface area contributed by atoms with Crippen LogP contribution in [0.25, 0.3) is 0 Å². The average Bonchev–Trinajstić information content (AvgIpc) is 2.75. The normalized spacial score (nSPS) is 11.6. The Labute approximate surface area is 181 Å². The van der Waals surface area contributed by atoms with Crippen molar-refractivity contribution in [1.82, 2.24) is 0 Å². The lowest BCUT2D eigenvalue weighted by Crippen LogP contribution is -2.35. The zero-order valence-corrected chi connectivity index (χ0v) is 17.7. The van der Waals surface area contributed by atoms with Crippen molar-refractivity contribution in [2.75, 3.05) is 0 Å². The van der Waals surface area contributed by atoms with Gasteiger partial charge in [0.05, 0.1) is 10.5 Å². The van der Waals surface area contributed by atoms with E-state index >= 15 is 0 Å². The molecule has 0 heterocycles. The van der Waals surface area contributed by atoms with Crippen LogP contribution in [0.3, 0.4) is 0 Å². The van der Waals surface area contributed by atoms with Crippen LogP contribution in [0, 0.1) is 6.92 Å². The van der Waals surface area contributed by atoms with Crippen molar-refractivity contribution in [2.24, 2.45) is 5.73 Å². The summed E-state index contributed by atoms with van der Waals surface area (Å²) in [6.07, 6.45) is 0.335. The summed E-state index contributed by atoms with van der Waals surface area (Å²) in [4.78, 5) is 23.4. The molecule has 0 fully saturated rings. The predicted octanol–water partition coefficient (Wildman–Crippen LogP) is 3.18. The minimum Gasteiger partial charge on any atom is -0.388 e. The number of rotatable bonds is 5. The van der Waals surface area contributed by atoms with Gasteiger partial charge in [-0.2, -0.15) is 8.42 Å². The molecule has 3 N–H and O–H groups in total. The number of carbonyl (C=O) groups is 2. The fourth-order valence-electron chi connectivity index (χ4n) is 2.46. The van der Waals surface area contributed by atoms with Crippen LogP contribution in [0.1, 0.15) is 21.5 Å². The van der Waals surface area contributed by atoms with Crippen molar-refractivity contribution in [3.05, 3.63) is 102 Å². The van der Waals surface area contributed by atoms with Gasteiger partial charge < -0.3 is 10.5 Å². The Kier molecular flexibility index (Phi) is 8.63. The van der Waals surface area contributed by atoms with E-state index in [4.69, 9.17) is 15.0 Å². The number of carbonyl (C=O) groups excluding carboxylic acids is 2. The van der Waals surface area contributed by atoms with E-state index in [1.54, 1.807) is 42.5 Å². The van der Waals surface area contributed by atoms with Gasteiger partial charge in [0.2, 0.25) is 0 Å². The molecule has 8 heteroatoms. The van der Waals surface area contributed by atoms with Gasteiger partial charge in [0.1, 0.15) is 6.04 Å². The highest BCUT2D eigenvalue weighted by Gasteiger charge is 2.20. The van der Waals surface area contributed by atoms with Crippen LogP contribution in [0.5, 0.6) is 0 Å². The van der Waals surface area contributed by atoms with E-state index in [0.29, 0.717) is 12.0 Å². The second-order valence-electron chi connectivity index (χ2n) is 6.66. The Morgan fingerprint density at radius 2 is 1.42 bits per heavy atom. The minimum absolute atomic E-state index is 0.0666. The molecule has 0 unspecified atom stereocenters. The molecule has 31 heavy (non-hydrogen) atoms. The Hall–Kier alpha value is -3.33. The average molecular weight is 442 g/mol. The van der Waals surface area contributed by atoms with Crippen LogP contribution in [-0.4, -0.2) is 31.0 Å². The van der Waals surface area contributed by atoms with E-state index < -0.39 is 28.1 Å². The van der Waals surface area contributed by atoms with E-state index in [0.717, 1.165) is 11.1 Å². The molecular weight excluding hydrogens is 418 g/mol. The Bertz CT molecular complexity index is 1100. The lowest BCUT2D eigenvalue weighted by molar-refractivity contribution is -0.139. The summed E-state index contributed by atoms with van der Waals surface area (Å²) in [5.41, 5.74) is 7.95. The maximum absolute atomic E-state index is 11.8. The predicted molar refractivity (Wildman–Crippen MR) is 116 cm³/mol. The second kappa shape index (κ2) is 11.2. The van der Waals surface area contributed by atoms with Gasteiger partial charge in [-0.1, -0.05) is 66.2 Å². The van der Waals surface area contributed by atoms with Crippen LogP contribution in [-0.2, 0) is 26.1 Å². The van der Waals surface area contributed by atoms with Crippen molar-refractivity contribution in [3.63, 3.8) is 0 Å². The number of hydrogen-bond donors (Lipinski definition) is 2. The summed E-state index contributed by atoms with van der Waals surface area (Å²) in [6.45, 7) is 1.84. The van der Waals surface area contributed by atoms with E-state index in [1.807, 2.05) is 37.3 Å². The number of hydrogen-bond acceptors (Lipinski definition) is 6. The molecule has 0 saturated carbocycles. The molecule has 3 rings (SSSR count). The van der Waals surface area contributed by atoms with Gasteiger partial charge in [-0.05, 0) is 43.2 Å². The highest BCUT2D eigenvalue weighted by Crippen LogP contribution is 2.08. The molecule has 162 valence electrons. The van der Waals surface area contributed by atoms with Crippen LogP contribution in [0.15, 0.2) is 89.8 Å². The van der Waals surface area contributed by atoms with E-state index in [9.17, 15) is 18.0 Å². The van der Waals surface area contributed by atoms with Crippen LogP contribution < -0.4 is 5.73 Å². The van der Waals surface area contributed by atoms with E-state index in [1.165, 1.54) is 12.1 Å². The summed E-state index contributed by atoms with van der Waals surface area (Å²) < 4.78 is 34.3. The van der Waals surface area contributed by atoms with Crippen LogP contribution >= 0.6 is 0 Å². The van der Waals surface area contributed by atoms with Crippen molar-refractivity contribution in [1.29, 1.82) is 0 Å². The van der Waals surface area contributed by atoms with Crippen LogP contribution in [0.2, 0.25) is 0 Å². The lowest BCUT2D eigenvalue weighted by atomic mass is 10.1. The summed E-state index contributed by atoms with van der Waals surface area (Å²) >= 11 is 0. The number of benzene rings is 3. The van der Waals surface area contributed by atoms with Crippen LogP contribution in [0.4, 0.5) is 0 Å². The lowest BCUT2D eigenvalue weighted by Gasteiger charge is -2.10. The molecule has 0 bridgehead atoms. The standard InChI is InChI=1S/C16H15NO3.C7H8O3S/c17-14(11-12-7-3-1-4-8-12)16(19)20-15(18)13-9-5-2-6-10-13;1-6-2-4-7(5-3-6)11(8,9)10/h1-10,14H,11,17H2;2-5H,1H3,(H,8,9,10)/t14-;/m0./s1. The number of nitrogens with two attached hydrogens (primary N) is 1. The molecule has 3 aromatic rings. The summed E-state index contributed by atoms with van der Waals surface area (Å²) in [5.74, 6) is -1.40. The highest BCUT2D eigenvalue weighted by atomic mass is 32.2. The highest BCUT2D eigenvalue weighted by molar-refractivity contribution is 7.85. The molecule has 0 amide bonds. The van der Waals surface area contributed by atoms with Crippen molar-refractivity contribution < 1.29 is 27.3 Å². The van der Waals surface area contributed by atoms with Gasteiger partial charge in [-0.25, -0.2) is 9.59 Å². The maximum atomic E-state index is 11.8. The topological polar surface area (TPSA) is 124 Å². The molecule has 0 aromatic heterocycles. The first kappa shape index (κ1) is 23.9. The Morgan fingerprint density at radius 1 is 0.903 bits per heavy atom. The summed E-state index contributed by atoms with van der Waals surface area (Å²) in [7, 11) is -4.02. The minimum atomic E-state index is -4.02. The number of ether oxygens (including phenoxy) is 1. The third kappa shape index (κ3) is 8.13. The fraction of sp³-hybridized carbons (Fsp3) is 0.130. The molecule has 0 spiro atoms. The van der Waals surface area contributed by atoms with Crippen molar-refractivity contribution in [2.45, 2.75) is 24.3 Å². The quantitative estimate of drug-likeness (QED) is 0.354. The first-order valence-corrected chi connectivity index (χ1v) is 10.8. The van der Waals surface area contributed by atoms with Gasteiger partial charge in [0.15, 0.2) is 0 Å². The Morgan fingerprint density at radius 3 is 1.94 bits per heavy atom. The first-order chi connectivity index (χ1) is 14.7. The molecule has 0 radical (unpaired) electrons. The Balaban J connectivity index is 0.000000262. The number of aryl methyl sites for hydroxylation is 1. The third-order valence-electron chi connectivity index (χ3n) is 4.12. The molecule has 0 aliphatic rings. The monoisotopic (exact) mass is 441 g/mol. The van der Waals surface area contributed by atoms with Gasteiger partial charge in [0.25, 0.3) is 10.1 Å². The third-order valence-corrected chi connectivity index (χ3v) is 4.99. The molecule has 3 aromatic carbocycles. The SMILES string of the molecule is Cc1ccc(S(=O)(=O)O)cc1.N[C@@H](Cc1ccccc1)C(=O)OC(=O)c1ccccc1. The van der Waals surface area contributed by atoms with Gasteiger partial charge in [-0.3, -0.25) is 4.55 Å². The zero-order chi connectivity index (χ0) is 22.9. The second-order valence-corrected chi connectivity index (χ2v) is 8.08. The summed E-state index contributed by atoms with van der Waals surface area (Å²) in [5, 5.41) is 0. The molecule has 0 aliphatic carbocycles. The molecule has 0 saturated heterocycles.